The molecule has 0 aliphatic carbocycles. The molecule has 0 aliphatic rings. The maximum atomic E-state index is 13.7. The summed E-state index contributed by atoms with van der Waals surface area (Å²) in [6, 6.07) is 5.12. The van der Waals surface area contributed by atoms with E-state index in [9.17, 15) is 4.39 Å². The zero-order valence-electron chi connectivity index (χ0n) is 10.8. The van der Waals surface area contributed by atoms with Gasteiger partial charge >= 0.3 is 0 Å². The van der Waals surface area contributed by atoms with Gasteiger partial charge in [-0.3, -0.25) is 0 Å². The molecule has 0 bridgehead atoms. The predicted molar refractivity (Wildman–Crippen MR) is 73.3 cm³/mol. The maximum Gasteiger partial charge on any atom is 0.186 e. The highest BCUT2D eigenvalue weighted by atomic mass is 35.5. The minimum Gasteiger partial charge on any atom is -0.496 e. The number of anilines is 1. The standard InChI is InChI=1S/C13H13ClFN3O/c1-7-11(15)13(16-2)18-12(17-7)9-5-4-8(14)6-10(9)19-3/h4-6H,1-3H3,(H,16,17,18). The average Bonchev–Trinajstić information content (AvgIpc) is 2.41. The molecule has 4 nitrogen and oxygen atoms in total. The van der Waals surface area contributed by atoms with Crippen LogP contribution in [-0.2, 0) is 0 Å². The van der Waals surface area contributed by atoms with Gasteiger partial charge in [0.05, 0.1) is 18.4 Å². The second-order valence-corrected chi connectivity index (χ2v) is 4.33. The summed E-state index contributed by atoms with van der Waals surface area (Å²) in [7, 11) is 3.14. The minimum absolute atomic E-state index is 0.152. The quantitative estimate of drug-likeness (QED) is 0.938. The molecule has 1 aromatic carbocycles. The van der Waals surface area contributed by atoms with Crippen LogP contribution in [0.3, 0.4) is 0 Å². The highest BCUT2D eigenvalue weighted by Crippen LogP contribution is 2.31. The van der Waals surface area contributed by atoms with Crippen molar-refractivity contribution >= 4 is 17.4 Å². The van der Waals surface area contributed by atoms with Crippen LogP contribution < -0.4 is 10.1 Å². The predicted octanol–water partition coefficient (Wildman–Crippen LogP) is 3.29. The van der Waals surface area contributed by atoms with Gasteiger partial charge in [-0.05, 0) is 25.1 Å². The third kappa shape index (κ3) is 2.61. The van der Waals surface area contributed by atoms with Crippen molar-refractivity contribution in [2.75, 3.05) is 19.5 Å². The molecule has 2 aromatic rings. The van der Waals surface area contributed by atoms with Crippen LogP contribution in [0.5, 0.6) is 5.75 Å². The summed E-state index contributed by atoms with van der Waals surface area (Å²) in [4.78, 5) is 8.28. The maximum absolute atomic E-state index is 13.7. The molecule has 0 fully saturated rings. The molecule has 0 spiro atoms. The average molecular weight is 282 g/mol. The zero-order chi connectivity index (χ0) is 14.0. The van der Waals surface area contributed by atoms with Gasteiger partial charge in [-0.2, -0.15) is 0 Å². The van der Waals surface area contributed by atoms with Gasteiger partial charge in [0.1, 0.15) is 5.75 Å². The molecule has 100 valence electrons. The number of halogens is 2. The summed E-state index contributed by atoms with van der Waals surface area (Å²) >= 11 is 5.90. The molecule has 0 saturated heterocycles. The van der Waals surface area contributed by atoms with Crippen molar-refractivity contribution in [2.24, 2.45) is 0 Å². The Balaban J connectivity index is 2.62. The Labute approximate surface area is 115 Å². The molecular formula is C13H13ClFN3O. The third-order valence-electron chi connectivity index (χ3n) is 2.66. The molecule has 0 aliphatic heterocycles. The second kappa shape index (κ2) is 5.40. The minimum atomic E-state index is -0.459. The van der Waals surface area contributed by atoms with Gasteiger partial charge < -0.3 is 10.1 Å². The van der Waals surface area contributed by atoms with Crippen molar-refractivity contribution in [1.82, 2.24) is 9.97 Å². The molecule has 6 heteroatoms. The molecule has 0 amide bonds. The van der Waals surface area contributed by atoms with E-state index >= 15 is 0 Å². The second-order valence-electron chi connectivity index (χ2n) is 3.89. The first-order chi connectivity index (χ1) is 9.06. The smallest absolute Gasteiger partial charge is 0.186 e. The van der Waals surface area contributed by atoms with Crippen molar-refractivity contribution in [2.45, 2.75) is 6.92 Å². The van der Waals surface area contributed by atoms with Gasteiger partial charge in [0.25, 0.3) is 0 Å². The van der Waals surface area contributed by atoms with Crippen LogP contribution in [0.2, 0.25) is 5.02 Å². The van der Waals surface area contributed by atoms with Crippen LogP contribution in [0.1, 0.15) is 5.69 Å². The Hall–Kier alpha value is -1.88. The van der Waals surface area contributed by atoms with Crippen molar-refractivity contribution < 1.29 is 9.13 Å². The number of ether oxygens (including phenoxy) is 1. The lowest BCUT2D eigenvalue weighted by Gasteiger charge is -2.10. The first kappa shape index (κ1) is 13.5. The van der Waals surface area contributed by atoms with Crippen LogP contribution in [0, 0.1) is 12.7 Å². The molecule has 2 rings (SSSR count). The summed E-state index contributed by atoms with van der Waals surface area (Å²) in [5.74, 6) is 0.621. The lowest BCUT2D eigenvalue weighted by atomic mass is 10.2. The molecule has 0 atom stereocenters. The molecule has 1 heterocycles. The number of nitrogens with one attached hydrogen (secondary N) is 1. The topological polar surface area (TPSA) is 47.0 Å². The van der Waals surface area contributed by atoms with Gasteiger partial charge in [-0.25, -0.2) is 14.4 Å². The van der Waals surface area contributed by atoms with Gasteiger partial charge in [0, 0.05) is 12.1 Å². The van der Waals surface area contributed by atoms with Crippen LogP contribution >= 0.6 is 11.6 Å². The Bertz CT molecular complexity index is 619. The fraction of sp³-hybridized carbons (Fsp3) is 0.231. The summed E-state index contributed by atoms with van der Waals surface area (Å²) < 4.78 is 19.0. The van der Waals surface area contributed by atoms with Gasteiger partial charge in [0.15, 0.2) is 17.5 Å². The molecule has 19 heavy (non-hydrogen) atoms. The first-order valence-electron chi connectivity index (χ1n) is 5.62. The van der Waals surface area contributed by atoms with Crippen molar-refractivity contribution in [3.8, 4) is 17.1 Å². The van der Waals surface area contributed by atoms with Crippen LogP contribution in [-0.4, -0.2) is 24.1 Å². The molecule has 1 aromatic heterocycles. The summed E-state index contributed by atoms with van der Waals surface area (Å²) in [5.41, 5.74) is 0.929. The molecule has 0 radical (unpaired) electrons. The summed E-state index contributed by atoms with van der Waals surface area (Å²) in [5, 5.41) is 3.25. The highest BCUT2D eigenvalue weighted by Gasteiger charge is 2.14. The van der Waals surface area contributed by atoms with E-state index in [0.717, 1.165) is 0 Å². The Morgan fingerprint density at radius 3 is 2.68 bits per heavy atom. The number of hydrogen-bond acceptors (Lipinski definition) is 4. The number of nitrogens with zero attached hydrogens (tertiary/aromatic N) is 2. The van der Waals surface area contributed by atoms with Crippen LogP contribution in [0.15, 0.2) is 18.2 Å². The van der Waals surface area contributed by atoms with E-state index in [2.05, 4.69) is 15.3 Å². The Morgan fingerprint density at radius 1 is 1.32 bits per heavy atom. The van der Waals surface area contributed by atoms with Gasteiger partial charge in [-0.1, -0.05) is 11.6 Å². The number of rotatable bonds is 3. The van der Waals surface area contributed by atoms with E-state index < -0.39 is 5.82 Å². The van der Waals surface area contributed by atoms with Crippen molar-refractivity contribution in [1.29, 1.82) is 0 Å². The lowest BCUT2D eigenvalue weighted by molar-refractivity contribution is 0.416. The number of benzene rings is 1. The molecular weight excluding hydrogens is 269 g/mol. The van der Waals surface area contributed by atoms with E-state index in [-0.39, 0.29) is 11.5 Å². The third-order valence-corrected chi connectivity index (χ3v) is 2.89. The Kier molecular flexibility index (Phi) is 3.85. The Morgan fingerprint density at radius 2 is 2.05 bits per heavy atom. The largest absolute Gasteiger partial charge is 0.496 e. The van der Waals surface area contributed by atoms with E-state index in [1.807, 2.05) is 0 Å². The van der Waals surface area contributed by atoms with E-state index in [1.165, 1.54) is 7.11 Å². The zero-order valence-corrected chi connectivity index (χ0v) is 11.5. The van der Waals surface area contributed by atoms with Crippen molar-refractivity contribution in [3.63, 3.8) is 0 Å². The number of methoxy groups -OCH3 is 1. The van der Waals surface area contributed by atoms with Crippen LogP contribution in [0.4, 0.5) is 10.2 Å². The lowest BCUT2D eigenvalue weighted by Crippen LogP contribution is -2.04. The molecule has 0 unspecified atom stereocenters. The number of aryl methyl sites for hydroxylation is 1. The normalized spacial score (nSPS) is 10.4. The monoisotopic (exact) mass is 281 g/mol. The number of hydrogen-bond donors (Lipinski definition) is 1. The number of aromatic nitrogens is 2. The SMILES string of the molecule is CNc1nc(-c2ccc(Cl)cc2OC)nc(C)c1F. The van der Waals surface area contributed by atoms with Gasteiger partial charge in [-0.15, -0.1) is 0 Å². The van der Waals surface area contributed by atoms with E-state index in [4.69, 9.17) is 16.3 Å². The fourth-order valence-electron chi connectivity index (χ4n) is 1.70. The van der Waals surface area contributed by atoms with Crippen molar-refractivity contribution in [3.05, 3.63) is 34.7 Å². The summed E-state index contributed by atoms with van der Waals surface area (Å²) in [6.07, 6.45) is 0. The summed E-state index contributed by atoms with van der Waals surface area (Å²) in [6.45, 7) is 1.59. The van der Waals surface area contributed by atoms with E-state index in [0.29, 0.717) is 22.2 Å². The fourth-order valence-corrected chi connectivity index (χ4v) is 1.86. The highest BCUT2D eigenvalue weighted by molar-refractivity contribution is 6.30. The molecule has 1 N–H and O–H groups in total. The van der Waals surface area contributed by atoms with Gasteiger partial charge in [0.2, 0.25) is 0 Å². The molecule has 0 saturated carbocycles. The first-order valence-corrected chi connectivity index (χ1v) is 6.00. The van der Waals surface area contributed by atoms with Crippen LogP contribution in [0.25, 0.3) is 11.4 Å². The van der Waals surface area contributed by atoms with E-state index in [1.54, 1.807) is 32.2 Å².